The third kappa shape index (κ3) is 8.51. The Bertz CT molecular complexity index is 1270. The highest BCUT2D eigenvalue weighted by Crippen LogP contribution is 2.27. The zero-order valence-corrected chi connectivity index (χ0v) is 23.3. The third-order valence-electron chi connectivity index (χ3n) is 6.66. The van der Waals surface area contributed by atoms with E-state index in [2.05, 4.69) is 31.6 Å². The molecule has 0 aliphatic heterocycles. The average Bonchev–Trinajstić information content (AvgIpc) is 3.37. The summed E-state index contributed by atoms with van der Waals surface area (Å²) in [6.45, 7) is 10.9. The summed E-state index contributed by atoms with van der Waals surface area (Å²) >= 11 is 0. The van der Waals surface area contributed by atoms with Crippen molar-refractivity contribution >= 4 is 40.4 Å². The molecule has 0 aliphatic carbocycles. The van der Waals surface area contributed by atoms with Crippen LogP contribution in [-0.2, 0) is 4.79 Å². The molecular formula is C28H40N8O3. The number of para-hydroxylation sites is 1. The monoisotopic (exact) mass is 536 g/mol. The Balaban J connectivity index is 1.34. The van der Waals surface area contributed by atoms with Crippen LogP contribution in [0, 0.1) is 13.8 Å². The number of hydrogen-bond acceptors (Lipinski definition) is 6. The van der Waals surface area contributed by atoms with Crippen LogP contribution in [0.4, 0.5) is 21.0 Å². The number of amides is 4. The molecule has 11 heteroatoms. The summed E-state index contributed by atoms with van der Waals surface area (Å²) in [4.78, 5) is 39.3. The number of benzene rings is 2. The molecule has 0 saturated carbocycles. The molecule has 2 aromatic carbocycles. The maximum absolute atomic E-state index is 12.5. The van der Waals surface area contributed by atoms with E-state index in [1.807, 2.05) is 69.0 Å². The van der Waals surface area contributed by atoms with Gasteiger partial charge in [0.1, 0.15) is 5.52 Å². The lowest BCUT2D eigenvalue weighted by Gasteiger charge is -2.20. The molecule has 4 N–H and O–H groups in total. The fraction of sp³-hybridized carbons (Fsp3) is 0.464. The topological polar surface area (TPSA) is 133 Å². The van der Waals surface area contributed by atoms with Crippen LogP contribution in [0.5, 0.6) is 0 Å². The summed E-state index contributed by atoms with van der Waals surface area (Å²) in [5.41, 5.74) is 4.51. The maximum atomic E-state index is 12.5. The number of rotatable bonds is 13. The van der Waals surface area contributed by atoms with Crippen molar-refractivity contribution in [2.24, 2.45) is 0 Å². The SMILES string of the molecule is CCN(CC)CC(=O)Nc1c(C)ccc(NC(=O)NCCCCCCNC(=O)n2nnc3ccccc32)c1C. The zero-order valence-electron chi connectivity index (χ0n) is 23.3. The molecule has 0 spiro atoms. The van der Waals surface area contributed by atoms with Gasteiger partial charge in [0.25, 0.3) is 0 Å². The molecule has 0 radical (unpaired) electrons. The van der Waals surface area contributed by atoms with Crippen LogP contribution < -0.4 is 21.3 Å². The predicted molar refractivity (Wildman–Crippen MR) is 154 cm³/mol. The molecule has 1 aromatic heterocycles. The molecule has 1 heterocycles. The van der Waals surface area contributed by atoms with Gasteiger partial charge in [0.2, 0.25) is 5.91 Å². The summed E-state index contributed by atoms with van der Waals surface area (Å²) in [5, 5.41) is 19.6. The number of fused-ring (bicyclic) bond motifs is 1. The van der Waals surface area contributed by atoms with E-state index in [1.165, 1.54) is 4.68 Å². The first kappa shape index (κ1) is 29.6. The van der Waals surface area contributed by atoms with Gasteiger partial charge >= 0.3 is 12.1 Å². The lowest BCUT2D eigenvalue weighted by Crippen LogP contribution is -2.33. The molecule has 210 valence electrons. The van der Waals surface area contributed by atoms with Crippen LogP contribution in [0.15, 0.2) is 36.4 Å². The highest BCUT2D eigenvalue weighted by Gasteiger charge is 2.14. The first-order valence-corrected chi connectivity index (χ1v) is 13.6. The highest BCUT2D eigenvalue weighted by atomic mass is 16.2. The van der Waals surface area contributed by atoms with E-state index < -0.39 is 0 Å². The Kier molecular flexibility index (Phi) is 11.2. The van der Waals surface area contributed by atoms with Crippen LogP contribution in [0.3, 0.4) is 0 Å². The fourth-order valence-electron chi connectivity index (χ4n) is 4.27. The largest absolute Gasteiger partial charge is 0.344 e. The van der Waals surface area contributed by atoms with Gasteiger partial charge in [0.15, 0.2) is 0 Å². The van der Waals surface area contributed by atoms with Gasteiger partial charge in [0, 0.05) is 24.5 Å². The minimum Gasteiger partial charge on any atom is -0.338 e. The van der Waals surface area contributed by atoms with Gasteiger partial charge < -0.3 is 21.3 Å². The van der Waals surface area contributed by atoms with Crippen LogP contribution in [-0.4, -0.2) is 70.6 Å². The van der Waals surface area contributed by atoms with Crippen molar-refractivity contribution in [3.05, 3.63) is 47.5 Å². The number of carbonyl (C=O) groups excluding carboxylic acids is 3. The third-order valence-corrected chi connectivity index (χ3v) is 6.66. The van der Waals surface area contributed by atoms with E-state index in [0.717, 1.165) is 55.6 Å². The van der Waals surface area contributed by atoms with E-state index in [-0.39, 0.29) is 18.0 Å². The van der Waals surface area contributed by atoms with Gasteiger partial charge in [0.05, 0.1) is 12.1 Å². The number of urea groups is 1. The Labute approximate surface area is 229 Å². The molecular weight excluding hydrogens is 496 g/mol. The maximum Gasteiger partial charge on any atom is 0.344 e. The zero-order chi connectivity index (χ0) is 28.2. The normalized spacial score (nSPS) is 11.0. The first-order valence-electron chi connectivity index (χ1n) is 13.6. The van der Waals surface area contributed by atoms with Crippen molar-refractivity contribution in [3.8, 4) is 0 Å². The Morgan fingerprint density at radius 2 is 1.56 bits per heavy atom. The number of nitrogens with one attached hydrogen (secondary N) is 4. The highest BCUT2D eigenvalue weighted by molar-refractivity contribution is 5.97. The van der Waals surface area contributed by atoms with E-state index in [9.17, 15) is 14.4 Å². The second-order valence-corrected chi connectivity index (χ2v) is 9.46. The van der Waals surface area contributed by atoms with Crippen molar-refractivity contribution in [2.75, 3.05) is 43.4 Å². The lowest BCUT2D eigenvalue weighted by molar-refractivity contribution is -0.117. The summed E-state index contributed by atoms with van der Waals surface area (Å²) in [7, 11) is 0. The van der Waals surface area contributed by atoms with E-state index in [1.54, 1.807) is 0 Å². The molecule has 0 bridgehead atoms. The van der Waals surface area contributed by atoms with E-state index in [0.29, 0.717) is 36.4 Å². The molecule has 3 rings (SSSR count). The van der Waals surface area contributed by atoms with Gasteiger partial charge in [-0.3, -0.25) is 9.69 Å². The average molecular weight is 537 g/mol. The minimum atomic E-state index is -0.292. The molecule has 4 amide bonds. The Morgan fingerprint density at radius 3 is 2.28 bits per heavy atom. The van der Waals surface area contributed by atoms with Crippen LogP contribution in [0.25, 0.3) is 11.0 Å². The van der Waals surface area contributed by atoms with Crippen LogP contribution in [0.2, 0.25) is 0 Å². The van der Waals surface area contributed by atoms with Crippen molar-refractivity contribution in [1.29, 1.82) is 0 Å². The second kappa shape index (κ2) is 14.8. The van der Waals surface area contributed by atoms with E-state index in [4.69, 9.17) is 0 Å². The molecule has 39 heavy (non-hydrogen) atoms. The number of aromatic nitrogens is 3. The van der Waals surface area contributed by atoms with Crippen molar-refractivity contribution in [1.82, 2.24) is 30.5 Å². The fourth-order valence-corrected chi connectivity index (χ4v) is 4.27. The summed E-state index contributed by atoms with van der Waals surface area (Å²) in [6, 6.07) is 10.5. The predicted octanol–water partition coefficient (Wildman–Crippen LogP) is 4.27. The molecule has 3 aromatic rings. The molecule has 0 fully saturated rings. The van der Waals surface area contributed by atoms with Gasteiger partial charge in [-0.2, -0.15) is 4.68 Å². The standard InChI is InChI=1S/C28H40N8O3/c1-5-35(6-2)19-25(37)32-26-20(3)15-16-22(21(26)4)31-27(38)29-17-11-7-8-12-18-30-28(39)36-24-14-10-9-13-23(24)33-34-36/h9-10,13-16H,5-8,11-12,17-19H2,1-4H3,(H,30,39)(H,32,37)(H2,29,31,38). The quantitative estimate of drug-likeness (QED) is 0.241. The number of likely N-dealkylation sites (N-methyl/N-ethyl adjacent to an activating group) is 1. The smallest absolute Gasteiger partial charge is 0.338 e. The minimum absolute atomic E-state index is 0.0713. The van der Waals surface area contributed by atoms with E-state index >= 15 is 0 Å². The number of unbranched alkanes of at least 4 members (excludes halogenated alkanes) is 3. The van der Waals surface area contributed by atoms with Crippen molar-refractivity contribution in [3.63, 3.8) is 0 Å². The second-order valence-electron chi connectivity index (χ2n) is 9.46. The van der Waals surface area contributed by atoms with Crippen LogP contribution in [0.1, 0.15) is 50.7 Å². The number of anilines is 2. The van der Waals surface area contributed by atoms with Crippen molar-refractivity contribution in [2.45, 2.75) is 53.4 Å². The first-order chi connectivity index (χ1) is 18.8. The Morgan fingerprint density at radius 1 is 0.872 bits per heavy atom. The summed E-state index contributed by atoms with van der Waals surface area (Å²) in [5.74, 6) is -0.0713. The molecule has 0 unspecified atom stereocenters. The molecule has 11 nitrogen and oxygen atoms in total. The number of nitrogens with zero attached hydrogens (tertiary/aromatic N) is 4. The lowest BCUT2D eigenvalue weighted by atomic mass is 10.1. The van der Waals surface area contributed by atoms with Gasteiger partial charge in [-0.05, 0) is 69.1 Å². The number of hydrogen-bond donors (Lipinski definition) is 4. The number of carbonyl (C=O) groups is 3. The molecule has 0 saturated heterocycles. The number of aryl methyl sites for hydroxylation is 1. The summed E-state index contributed by atoms with van der Waals surface area (Å²) < 4.78 is 1.27. The molecule has 0 aliphatic rings. The molecule has 0 atom stereocenters. The van der Waals surface area contributed by atoms with Crippen molar-refractivity contribution < 1.29 is 14.4 Å². The summed E-state index contributed by atoms with van der Waals surface area (Å²) in [6.07, 6.45) is 3.51. The Hall–Kier alpha value is -3.99. The van der Waals surface area contributed by atoms with Gasteiger partial charge in [-0.15, -0.1) is 5.10 Å². The van der Waals surface area contributed by atoms with Crippen LogP contribution >= 0.6 is 0 Å². The van der Waals surface area contributed by atoms with Gasteiger partial charge in [-0.1, -0.05) is 50.1 Å². The van der Waals surface area contributed by atoms with Gasteiger partial charge in [-0.25, -0.2) is 9.59 Å².